The van der Waals surface area contributed by atoms with Crippen LogP contribution in [0.25, 0.3) is 0 Å². The van der Waals surface area contributed by atoms with Gasteiger partial charge in [-0.05, 0) is 37.5 Å². The summed E-state index contributed by atoms with van der Waals surface area (Å²) < 4.78 is 5.32. The number of rotatable bonds is 6. The van der Waals surface area contributed by atoms with Crippen LogP contribution in [0, 0.1) is 5.41 Å². The Bertz CT molecular complexity index is 543. The largest absolute Gasteiger partial charge is 0.381 e. The molecule has 1 fully saturated rings. The van der Waals surface area contributed by atoms with Crippen LogP contribution in [-0.2, 0) is 16.1 Å². The van der Waals surface area contributed by atoms with Gasteiger partial charge in [0.1, 0.15) is 0 Å². The third-order valence-corrected chi connectivity index (χ3v) is 4.33. The maximum atomic E-state index is 12.5. The summed E-state index contributed by atoms with van der Waals surface area (Å²) in [6.45, 7) is 4.39. The third-order valence-electron chi connectivity index (χ3n) is 4.33. The fourth-order valence-corrected chi connectivity index (χ4v) is 2.69. The van der Waals surface area contributed by atoms with E-state index in [2.05, 4.69) is 10.6 Å². The van der Waals surface area contributed by atoms with Crippen molar-refractivity contribution in [3.63, 3.8) is 0 Å². The number of nitrogens with two attached hydrogens (primary N) is 1. The van der Waals surface area contributed by atoms with Crippen molar-refractivity contribution in [1.82, 2.24) is 10.6 Å². The van der Waals surface area contributed by atoms with Crippen molar-refractivity contribution in [1.29, 1.82) is 0 Å². The van der Waals surface area contributed by atoms with Crippen LogP contribution < -0.4 is 16.4 Å². The van der Waals surface area contributed by atoms with E-state index in [1.54, 1.807) is 12.1 Å². The fourth-order valence-electron chi connectivity index (χ4n) is 2.69. The van der Waals surface area contributed by atoms with E-state index in [9.17, 15) is 9.59 Å². The summed E-state index contributed by atoms with van der Waals surface area (Å²) >= 11 is 0. The number of halogens is 1. The number of carbonyl (C=O) groups is 2. The smallest absolute Gasteiger partial charge is 0.251 e. The molecule has 1 aromatic carbocycles. The minimum Gasteiger partial charge on any atom is -0.381 e. The second-order valence-electron chi connectivity index (χ2n) is 5.84. The summed E-state index contributed by atoms with van der Waals surface area (Å²) in [6.07, 6.45) is 1.32. The molecule has 1 aliphatic heterocycles. The first-order valence-corrected chi connectivity index (χ1v) is 8.04. The Kier molecular flexibility index (Phi) is 8.18. The molecule has 0 bridgehead atoms. The Labute approximate surface area is 148 Å². The maximum absolute atomic E-state index is 12.5. The van der Waals surface area contributed by atoms with Crippen molar-refractivity contribution in [2.45, 2.75) is 26.3 Å². The summed E-state index contributed by atoms with van der Waals surface area (Å²) in [6, 6.07) is 7.23. The maximum Gasteiger partial charge on any atom is 0.251 e. The predicted molar refractivity (Wildman–Crippen MR) is 95.1 cm³/mol. The lowest BCUT2D eigenvalue weighted by Gasteiger charge is -2.34. The number of amides is 2. The van der Waals surface area contributed by atoms with Gasteiger partial charge in [-0.15, -0.1) is 12.4 Å². The Morgan fingerprint density at radius 2 is 1.79 bits per heavy atom. The highest BCUT2D eigenvalue weighted by Crippen LogP contribution is 2.29. The molecule has 0 saturated carbocycles. The summed E-state index contributed by atoms with van der Waals surface area (Å²) in [5.41, 5.74) is 6.88. The van der Waals surface area contributed by atoms with Gasteiger partial charge < -0.3 is 21.1 Å². The SMILES string of the molecule is CCNC(=O)c1ccc(CNC(=O)C2(CN)CCOCC2)cc1.Cl. The molecule has 1 heterocycles. The number of hydrogen-bond acceptors (Lipinski definition) is 4. The number of ether oxygens (including phenoxy) is 1. The van der Waals surface area contributed by atoms with Crippen molar-refractivity contribution in [3.8, 4) is 0 Å². The molecule has 134 valence electrons. The van der Waals surface area contributed by atoms with Crippen LogP contribution in [-0.4, -0.2) is 38.1 Å². The molecule has 24 heavy (non-hydrogen) atoms. The summed E-state index contributed by atoms with van der Waals surface area (Å²) in [5.74, 6) is -0.108. The number of nitrogens with one attached hydrogen (secondary N) is 2. The van der Waals surface area contributed by atoms with Gasteiger partial charge in [-0.25, -0.2) is 0 Å². The number of hydrogen-bond donors (Lipinski definition) is 3. The highest BCUT2D eigenvalue weighted by molar-refractivity contribution is 5.94. The topological polar surface area (TPSA) is 93.5 Å². The zero-order valence-electron chi connectivity index (χ0n) is 14.0. The zero-order valence-corrected chi connectivity index (χ0v) is 14.8. The van der Waals surface area contributed by atoms with Gasteiger partial charge in [0, 0.05) is 38.4 Å². The summed E-state index contributed by atoms with van der Waals surface area (Å²) in [5, 5.41) is 5.71. The average Bonchev–Trinajstić information content (AvgIpc) is 2.60. The molecule has 4 N–H and O–H groups in total. The van der Waals surface area contributed by atoms with Crippen molar-refractivity contribution in [2.24, 2.45) is 11.1 Å². The first-order chi connectivity index (χ1) is 11.1. The quantitative estimate of drug-likeness (QED) is 0.715. The Hall–Kier alpha value is -1.63. The van der Waals surface area contributed by atoms with Gasteiger partial charge in [-0.1, -0.05) is 12.1 Å². The van der Waals surface area contributed by atoms with Gasteiger partial charge in [0.2, 0.25) is 5.91 Å². The minimum absolute atomic E-state index is 0. The van der Waals surface area contributed by atoms with Crippen LogP contribution in [0.1, 0.15) is 35.7 Å². The Morgan fingerprint density at radius 1 is 1.17 bits per heavy atom. The molecule has 1 aliphatic rings. The molecule has 1 saturated heterocycles. The minimum atomic E-state index is -0.515. The molecule has 2 rings (SSSR count). The van der Waals surface area contributed by atoms with Crippen molar-refractivity contribution in [2.75, 3.05) is 26.3 Å². The predicted octanol–water partition coefficient (Wildman–Crippen LogP) is 1.23. The van der Waals surface area contributed by atoms with Gasteiger partial charge in [-0.2, -0.15) is 0 Å². The molecule has 0 atom stereocenters. The van der Waals surface area contributed by atoms with Crippen molar-refractivity contribution in [3.05, 3.63) is 35.4 Å². The lowest BCUT2D eigenvalue weighted by Crippen LogP contribution is -2.48. The molecular weight excluding hydrogens is 330 g/mol. The Balaban J connectivity index is 0.00000288. The van der Waals surface area contributed by atoms with Crippen LogP contribution in [0.5, 0.6) is 0 Å². The molecule has 6 nitrogen and oxygen atoms in total. The number of carbonyl (C=O) groups excluding carboxylic acids is 2. The van der Waals surface area contributed by atoms with Gasteiger partial charge >= 0.3 is 0 Å². The second kappa shape index (κ2) is 9.61. The van der Waals surface area contributed by atoms with Gasteiger partial charge in [0.05, 0.1) is 5.41 Å². The average molecular weight is 356 g/mol. The van der Waals surface area contributed by atoms with Crippen LogP contribution in [0.15, 0.2) is 24.3 Å². The molecular formula is C17H26ClN3O3. The monoisotopic (exact) mass is 355 g/mol. The second-order valence-corrected chi connectivity index (χ2v) is 5.84. The lowest BCUT2D eigenvalue weighted by atomic mass is 9.79. The molecule has 0 aliphatic carbocycles. The van der Waals surface area contributed by atoms with Crippen molar-refractivity contribution >= 4 is 24.2 Å². The normalized spacial score (nSPS) is 15.9. The van der Waals surface area contributed by atoms with E-state index in [1.807, 2.05) is 19.1 Å². The summed E-state index contributed by atoms with van der Waals surface area (Å²) in [4.78, 5) is 24.2. The molecule has 0 radical (unpaired) electrons. The van der Waals surface area contributed by atoms with E-state index in [-0.39, 0.29) is 24.2 Å². The van der Waals surface area contributed by atoms with Gasteiger partial charge in [-0.3, -0.25) is 9.59 Å². The first kappa shape index (κ1) is 20.4. The highest BCUT2D eigenvalue weighted by Gasteiger charge is 2.38. The lowest BCUT2D eigenvalue weighted by molar-refractivity contribution is -0.136. The van der Waals surface area contributed by atoms with Gasteiger partial charge in [0.15, 0.2) is 0 Å². The highest BCUT2D eigenvalue weighted by atomic mass is 35.5. The van der Waals surface area contributed by atoms with Crippen LogP contribution >= 0.6 is 12.4 Å². The molecule has 0 spiro atoms. The molecule has 0 aromatic heterocycles. The van der Waals surface area contributed by atoms with Crippen LogP contribution in [0.2, 0.25) is 0 Å². The van der Waals surface area contributed by atoms with Crippen LogP contribution in [0.4, 0.5) is 0 Å². The van der Waals surface area contributed by atoms with E-state index >= 15 is 0 Å². The zero-order chi connectivity index (χ0) is 16.7. The van der Waals surface area contributed by atoms with E-state index in [4.69, 9.17) is 10.5 Å². The standard InChI is InChI=1S/C17H25N3O3.ClH/c1-2-19-15(21)14-5-3-13(4-6-14)11-20-16(22)17(12-18)7-9-23-10-8-17;/h3-6H,2,7-12,18H2,1H3,(H,19,21)(H,20,22);1H. The molecule has 0 unspecified atom stereocenters. The molecule has 2 amide bonds. The van der Waals surface area contributed by atoms with Gasteiger partial charge in [0.25, 0.3) is 5.91 Å². The molecule has 1 aromatic rings. The Morgan fingerprint density at radius 3 is 2.33 bits per heavy atom. The van der Waals surface area contributed by atoms with Crippen LogP contribution in [0.3, 0.4) is 0 Å². The summed E-state index contributed by atoms with van der Waals surface area (Å²) in [7, 11) is 0. The van der Waals surface area contributed by atoms with E-state index in [1.165, 1.54) is 0 Å². The third kappa shape index (κ3) is 4.93. The van der Waals surface area contributed by atoms with E-state index < -0.39 is 5.41 Å². The fraction of sp³-hybridized carbons (Fsp3) is 0.529. The molecule has 7 heteroatoms. The van der Waals surface area contributed by atoms with Crippen molar-refractivity contribution < 1.29 is 14.3 Å². The van der Waals surface area contributed by atoms with E-state index in [0.717, 1.165) is 5.56 Å². The number of benzene rings is 1. The van der Waals surface area contributed by atoms with E-state index in [0.29, 0.717) is 51.3 Å². The first-order valence-electron chi connectivity index (χ1n) is 8.04.